The molecule has 10 nitrogen and oxygen atoms in total. The van der Waals surface area contributed by atoms with Crippen LogP contribution in [0.3, 0.4) is 0 Å². The first-order chi connectivity index (χ1) is 20.3. The number of benzene rings is 1. The number of carbonyl (C=O) groups excluding carboxylic acids is 3. The molecule has 220 valence electrons. The minimum Gasteiger partial charge on any atom is -0.443 e. The zero-order valence-corrected chi connectivity index (χ0v) is 24.5. The van der Waals surface area contributed by atoms with Gasteiger partial charge in [-0.05, 0) is 55.7 Å². The van der Waals surface area contributed by atoms with Gasteiger partial charge >= 0.3 is 5.97 Å². The maximum atomic E-state index is 13.0. The smallest absolute Gasteiger partial charge is 0.314 e. The first-order valence-electron chi connectivity index (χ1n) is 14.7. The predicted octanol–water partition coefficient (Wildman–Crippen LogP) is 4.23. The number of piperidine rings is 1. The molecule has 1 aromatic carbocycles. The van der Waals surface area contributed by atoms with Gasteiger partial charge in [0.2, 0.25) is 5.91 Å². The number of Topliss-reactive ketones (excluding diaryl/α,β-unsaturated/α-hetero) is 1. The molecule has 3 aromatic rings. The lowest BCUT2D eigenvalue weighted by molar-refractivity contribution is -0.148. The number of ketones is 1. The number of aromatic nitrogens is 3. The normalized spacial score (nSPS) is 21.2. The third-order valence-corrected chi connectivity index (χ3v) is 8.96. The summed E-state index contributed by atoms with van der Waals surface area (Å²) in [6.45, 7) is 5.19. The van der Waals surface area contributed by atoms with Gasteiger partial charge in [-0.2, -0.15) is 5.26 Å². The van der Waals surface area contributed by atoms with Gasteiger partial charge in [0.05, 0.1) is 23.4 Å². The lowest BCUT2D eigenvalue weighted by Gasteiger charge is -2.42. The Morgan fingerprint density at radius 2 is 1.98 bits per heavy atom. The van der Waals surface area contributed by atoms with Crippen molar-refractivity contribution in [3.63, 3.8) is 0 Å². The number of rotatable bonds is 9. The van der Waals surface area contributed by atoms with Crippen molar-refractivity contribution in [3.05, 3.63) is 54.0 Å². The van der Waals surface area contributed by atoms with Crippen LogP contribution in [0.25, 0.3) is 11.0 Å². The van der Waals surface area contributed by atoms with Crippen LogP contribution in [0.15, 0.2) is 42.9 Å². The van der Waals surface area contributed by atoms with E-state index in [0.717, 1.165) is 48.0 Å². The first-order valence-corrected chi connectivity index (χ1v) is 14.7. The number of nitrogens with zero attached hydrogens (tertiary/aromatic N) is 6. The van der Waals surface area contributed by atoms with Crippen molar-refractivity contribution in [1.82, 2.24) is 19.4 Å². The summed E-state index contributed by atoms with van der Waals surface area (Å²) in [6, 6.07) is 11.8. The van der Waals surface area contributed by atoms with Gasteiger partial charge in [-0.3, -0.25) is 19.0 Å². The molecular weight excluding hydrogens is 532 g/mol. The summed E-state index contributed by atoms with van der Waals surface area (Å²) in [5.74, 6) is 0.632. The van der Waals surface area contributed by atoms with Gasteiger partial charge in [-0.1, -0.05) is 31.2 Å². The molecule has 0 radical (unpaired) electrons. The van der Waals surface area contributed by atoms with Crippen LogP contribution in [0.1, 0.15) is 63.0 Å². The Kier molecular flexibility index (Phi) is 8.86. The number of hydrogen-bond donors (Lipinski definition) is 0. The number of anilines is 1. The van der Waals surface area contributed by atoms with Crippen LogP contribution in [-0.2, 0) is 32.3 Å². The van der Waals surface area contributed by atoms with Gasteiger partial charge in [-0.25, -0.2) is 9.97 Å². The number of hydrogen-bond acceptors (Lipinski definition) is 8. The van der Waals surface area contributed by atoms with Crippen molar-refractivity contribution in [1.29, 1.82) is 5.26 Å². The quantitative estimate of drug-likeness (QED) is 0.350. The minimum atomic E-state index is -0.440. The maximum Gasteiger partial charge on any atom is 0.314 e. The minimum absolute atomic E-state index is 0.0188. The molecule has 2 unspecified atom stereocenters. The fraction of sp³-hybridized carbons (Fsp3) is 0.500. The number of ether oxygens (including phenoxy) is 1. The van der Waals surface area contributed by atoms with Crippen LogP contribution in [0.2, 0.25) is 0 Å². The van der Waals surface area contributed by atoms with Gasteiger partial charge in [0, 0.05) is 38.7 Å². The third-order valence-electron chi connectivity index (χ3n) is 8.96. The van der Waals surface area contributed by atoms with E-state index >= 15 is 0 Å². The van der Waals surface area contributed by atoms with E-state index in [9.17, 15) is 14.4 Å². The predicted molar refractivity (Wildman–Crippen MR) is 157 cm³/mol. The Bertz CT molecular complexity index is 1490. The molecule has 1 saturated heterocycles. The highest BCUT2D eigenvalue weighted by Gasteiger charge is 2.33. The van der Waals surface area contributed by atoms with Crippen molar-refractivity contribution >= 4 is 34.5 Å². The van der Waals surface area contributed by atoms with Crippen LogP contribution in [0.4, 0.5) is 5.82 Å². The number of likely N-dealkylation sites (N-methyl/N-ethyl adjacent to an activating group) is 1. The van der Waals surface area contributed by atoms with Crippen molar-refractivity contribution < 1.29 is 19.1 Å². The second-order valence-corrected chi connectivity index (χ2v) is 11.7. The van der Waals surface area contributed by atoms with Crippen LogP contribution in [-0.4, -0.2) is 63.3 Å². The van der Waals surface area contributed by atoms with Crippen molar-refractivity contribution in [2.45, 2.75) is 71.1 Å². The highest BCUT2D eigenvalue weighted by Crippen LogP contribution is 2.30. The van der Waals surface area contributed by atoms with E-state index in [-0.39, 0.29) is 37.0 Å². The van der Waals surface area contributed by atoms with Gasteiger partial charge in [0.1, 0.15) is 30.0 Å². The van der Waals surface area contributed by atoms with E-state index in [4.69, 9.17) is 10.00 Å². The zero-order valence-electron chi connectivity index (χ0n) is 24.5. The van der Waals surface area contributed by atoms with E-state index in [0.29, 0.717) is 36.9 Å². The molecule has 0 spiro atoms. The van der Waals surface area contributed by atoms with Crippen LogP contribution in [0, 0.1) is 23.2 Å². The van der Waals surface area contributed by atoms with Crippen molar-refractivity contribution in [2.24, 2.45) is 11.8 Å². The van der Waals surface area contributed by atoms with Crippen LogP contribution < -0.4 is 4.90 Å². The van der Waals surface area contributed by atoms with Gasteiger partial charge in [0.25, 0.3) is 0 Å². The first kappa shape index (κ1) is 29.2. The molecular formula is C32H38N6O4. The number of amides is 1. The van der Waals surface area contributed by atoms with Crippen LogP contribution >= 0.6 is 0 Å². The molecule has 1 aliphatic carbocycles. The number of carbonyl (C=O) groups is 3. The second-order valence-electron chi connectivity index (χ2n) is 11.7. The Balaban J connectivity index is 1.23. The average Bonchev–Trinajstić information content (AvgIpc) is 3.61. The zero-order chi connectivity index (χ0) is 29.8. The second kappa shape index (κ2) is 12.7. The molecule has 1 aliphatic heterocycles. The maximum absolute atomic E-state index is 13.0. The summed E-state index contributed by atoms with van der Waals surface area (Å²) in [4.78, 5) is 50.2. The highest BCUT2D eigenvalue weighted by atomic mass is 16.5. The largest absolute Gasteiger partial charge is 0.443 e. The summed E-state index contributed by atoms with van der Waals surface area (Å²) in [5.41, 5.74) is 2.64. The Morgan fingerprint density at radius 3 is 2.69 bits per heavy atom. The van der Waals surface area contributed by atoms with Gasteiger partial charge < -0.3 is 14.5 Å². The molecule has 1 saturated carbocycles. The van der Waals surface area contributed by atoms with E-state index in [2.05, 4.69) is 21.8 Å². The van der Waals surface area contributed by atoms with E-state index < -0.39 is 5.92 Å². The summed E-state index contributed by atoms with van der Waals surface area (Å²) < 4.78 is 7.48. The Hall–Kier alpha value is -4.26. The van der Waals surface area contributed by atoms with E-state index in [1.165, 1.54) is 6.33 Å². The lowest BCUT2D eigenvalue weighted by Crippen LogP contribution is -2.52. The summed E-state index contributed by atoms with van der Waals surface area (Å²) in [7, 11) is 1.97. The molecule has 2 fully saturated rings. The molecule has 4 atom stereocenters. The Labute approximate surface area is 246 Å². The topological polar surface area (TPSA) is 121 Å². The molecule has 42 heavy (non-hydrogen) atoms. The molecule has 1 amide bonds. The number of likely N-dealkylation sites (tertiary alicyclic amines) is 1. The van der Waals surface area contributed by atoms with Crippen molar-refractivity contribution in [2.75, 3.05) is 25.0 Å². The monoisotopic (exact) mass is 570 g/mol. The molecule has 3 heterocycles. The number of fused-ring (bicyclic) bond motifs is 1. The van der Waals surface area contributed by atoms with Gasteiger partial charge in [0.15, 0.2) is 6.73 Å². The summed E-state index contributed by atoms with van der Waals surface area (Å²) >= 11 is 0. The summed E-state index contributed by atoms with van der Waals surface area (Å²) in [6.07, 6.45) is 7.46. The van der Waals surface area contributed by atoms with E-state index in [1.54, 1.807) is 9.47 Å². The number of nitriles is 1. The van der Waals surface area contributed by atoms with Crippen molar-refractivity contribution in [3.8, 4) is 6.07 Å². The fourth-order valence-electron chi connectivity index (χ4n) is 6.22. The van der Waals surface area contributed by atoms with E-state index in [1.807, 2.05) is 56.6 Å². The highest BCUT2D eigenvalue weighted by molar-refractivity contribution is 5.88. The van der Waals surface area contributed by atoms with Crippen LogP contribution in [0.5, 0.6) is 0 Å². The summed E-state index contributed by atoms with van der Waals surface area (Å²) in [5, 5.41) is 9.78. The molecule has 0 N–H and O–H groups in total. The van der Waals surface area contributed by atoms with Gasteiger partial charge in [-0.15, -0.1) is 0 Å². The molecule has 2 aromatic heterocycles. The Morgan fingerprint density at radius 1 is 1.19 bits per heavy atom. The standard InChI is InChI=1S/C32H38N6O4/c1-21-12-15-37(29(40)11-14-33)18-27(21)36(3)30-26-13-16-38(31(26)35-19-34-30)20-42-32(41)22(2)24-9-7-23(8-10-24)17-25-5-4-6-28(25)39/h7-10,13,16,19,21-22,25,27H,4-6,11-12,15,17-18,20H2,1-3H3/t21-,22?,25?,27+/m1/s1. The third kappa shape index (κ3) is 6.15. The molecule has 2 aliphatic rings. The average molecular weight is 571 g/mol. The lowest BCUT2D eigenvalue weighted by atomic mass is 9.92. The SMILES string of the molecule is CC(C(=O)OCn1ccc2c(N(C)[C@H]3CN(C(=O)CC#N)CC[C@H]3C)ncnc21)c1ccc(CC2CCCC2=O)cc1. The molecule has 0 bridgehead atoms. The molecule has 10 heteroatoms. The fourth-order valence-corrected chi connectivity index (χ4v) is 6.22. The molecule has 5 rings (SSSR count). The number of esters is 1.